The minimum atomic E-state index is -0.0543. The van der Waals surface area contributed by atoms with Gasteiger partial charge in [-0.3, -0.25) is 4.79 Å². The molecule has 0 amide bonds. The summed E-state index contributed by atoms with van der Waals surface area (Å²) < 4.78 is 12.3. The number of carbonyl (C=O) groups is 1. The van der Waals surface area contributed by atoms with Crippen molar-refractivity contribution in [2.24, 2.45) is 0 Å². The molecule has 1 heterocycles. The third-order valence-electron chi connectivity index (χ3n) is 3.58. The maximum atomic E-state index is 12.3. The van der Waals surface area contributed by atoms with Crippen LogP contribution in [0, 0.1) is 0 Å². The molecule has 2 aromatic rings. The molecule has 0 atom stereocenters. The molecule has 0 radical (unpaired) electrons. The van der Waals surface area contributed by atoms with Crippen LogP contribution in [-0.4, -0.2) is 19.0 Å². The third-order valence-corrected chi connectivity index (χ3v) is 4.11. The summed E-state index contributed by atoms with van der Waals surface area (Å²) >= 11 is 3.39. The zero-order chi connectivity index (χ0) is 16.1. The lowest BCUT2D eigenvalue weighted by Crippen LogP contribution is -2.09. The summed E-state index contributed by atoms with van der Waals surface area (Å²) in [5.74, 6) is 1.30. The van der Waals surface area contributed by atoms with Crippen LogP contribution >= 0.6 is 15.9 Å². The molecule has 0 spiro atoms. The third kappa shape index (κ3) is 4.23. The Bertz CT molecular complexity index is 720. The summed E-state index contributed by atoms with van der Waals surface area (Å²) in [6, 6.07) is 13.1. The van der Waals surface area contributed by atoms with Crippen molar-refractivity contribution in [2.45, 2.75) is 12.8 Å². The number of ether oxygens (including phenoxy) is 2. The molecule has 0 aliphatic carbocycles. The van der Waals surface area contributed by atoms with E-state index < -0.39 is 0 Å². The molecule has 118 valence electrons. The highest BCUT2D eigenvalue weighted by molar-refractivity contribution is 9.10. The van der Waals surface area contributed by atoms with Gasteiger partial charge in [-0.15, -0.1) is 0 Å². The molecule has 2 aromatic carbocycles. The van der Waals surface area contributed by atoms with E-state index >= 15 is 0 Å². The van der Waals surface area contributed by atoms with E-state index in [1.807, 2.05) is 30.3 Å². The van der Waals surface area contributed by atoms with Crippen molar-refractivity contribution in [1.29, 1.82) is 0 Å². The van der Waals surface area contributed by atoms with Crippen molar-refractivity contribution in [3.05, 3.63) is 64.1 Å². The van der Waals surface area contributed by atoms with Gasteiger partial charge >= 0.3 is 0 Å². The SMILES string of the molecule is O=C(C=Cc1ccc(Br)cc1)c1ccc2c(c1)OCCCCO2. The fourth-order valence-electron chi connectivity index (χ4n) is 2.30. The minimum Gasteiger partial charge on any atom is -0.490 e. The van der Waals surface area contributed by atoms with Gasteiger partial charge in [0.05, 0.1) is 13.2 Å². The highest BCUT2D eigenvalue weighted by atomic mass is 79.9. The van der Waals surface area contributed by atoms with E-state index in [1.54, 1.807) is 24.3 Å². The molecule has 0 aromatic heterocycles. The quantitative estimate of drug-likeness (QED) is 0.567. The van der Waals surface area contributed by atoms with E-state index in [0.29, 0.717) is 30.3 Å². The fraction of sp³-hybridized carbons (Fsp3) is 0.211. The molecule has 23 heavy (non-hydrogen) atoms. The highest BCUT2D eigenvalue weighted by Gasteiger charge is 2.12. The summed E-state index contributed by atoms with van der Waals surface area (Å²) in [7, 11) is 0. The van der Waals surface area contributed by atoms with Crippen LogP contribution in [0.25, 0.3) is 6.08 Å². The van der Waals surface area contributed by atoms with Crippen molar-refractivity contribution >= 4 is 27.8 Å². The van der Waals surface area contributed by atoms with Gasteiger partial charge in [0.25, 0.3) is 0 Å². The molecule has 0 bridgehead atoms. The van der Waals surface area contributed by atoms with Gasteiger partial charge in [0.15, 0.2) is 17.3 Å². The number of allylic oxidation sites excluding steroid dienone is 1. The van der Waals surface area contributed by atoms with E-state index in [0.717, 1.165) is 22.9 Å². The summed E-state index contributed by atoms with van der Waals surface area (Å²) in [6.07, 6.45) is 5.33. The Labute approximate surface area is 144 Å². The number of carbonyl (C=O) groups excluding carboxylic acids is 1. The van der Waals surface area contributed by atoms with Crippen LogP contribution in [-0.2, 0) is 0 Å². The summed E-state index contributed by atoms with van der Waals surface area (Å²) in [5, 5.41) is 0. The van der Waals surface area contributed by atoms with E-state index in [1.165, 1.54) is 0 Å². The number of rotatable bonds is 3. The maximum absolute atomic E-state index is 12.3. The van der Waals surface area contributed by atoms with Gasteiger partial charge in [-0.1, -0.05) is 34.1 Å². The standard InChI is InChI=1S/C19H17BrO3/c20-16-7-3-14(4-8-16)5-9-17(21)15-6-10-18-19(13-15)23-12-2-1-11-22-18/h3-10,13H,1-2,11-12H2. The molecular formula is C19H17BrO3. The number of hydrogen-bond acceptors (Lipinski definition) is 3. The van der Waals surface area contributed by atoms with E-state index in [2.05, 4.69) is 15.9 Å². The smallest absolute Gasteiger partial charge is 0.185 e. The molecule has 0 N–H and O–H groups in total. The largest absolute Gasteiger partial charge is 0.490 e. The van der Waals surface area contributed by atoms with Gasteiger partial charge in [0, 0.05) is 10.0 Å². The minimum absolute atomic E-state index is 0.0543. The summed E-state index contributed by atoms with van der Waals surface area (Å²) in [5.41, 5.74) is 1.58. The monoisotopic (exact) mass is 372 g/mol. The summed E-state index contributed by atoms with van der Waals surface area (Å²) in [6.45, 7) is 1.34. The van der Waals surface area contributed by atoms with Gasteiger partial charge in [0.2, 0.25) is 0 Å². The Morgan fingerprint density at radius 2 is 1.65 bits per heavy atom. The topological polar surface area (TPSA) is 35.5 Å². The molecule has 0 unspecified atom stereocenters. The molecule has 3 nitrogen and oxygen atoms in total. The van der Waals surface area contributed by atoms with Gasteiger partial charge < -0.3 is 9.47 Å². The Balaban J connectivity index is 1.76. The Hall–Kier alpha value is -2.07. The first-order chi connectivity index (χ1) is 11.2. The number of hydrogen-bond donors (Lipinski definition) is 0. The number of ketones is 1. The van der Waals surface area contributed by atoms with E-state index in [-0.39, 0.29) is 5.78 Å². The fourth-order valence-corrected chi connectivity index (χ4v) is 2.57. The molecular weight excluding hydrogens is 356 g/mol. The van der Waals surface area contributed by atoms with Gasteiger partial charge in [-0.25, -0.2) is 0 Å². The predicted molar refractivity (Wildman–Crippen MR) is 94.2 cm³/mol. The second-order valence-corrected chi connectivity index (χ2v) is 6.23. The van der Waals surface area contributed by atoms with Crippen LogP contribution in [0.2, 0.25) is 0 Å². The Morgan fingerprint density at radius 3 is 2.39 bits per heavy atom. The lowest BCUT2D eigenvalue weighted by Gasteiger charge is -2.16. The first kappa shape index (κ1) is 15.8. The first-order valence-electron chi connectivity index (χ1n) is 7.60. The zero-order valence-corrected chi connectivity index (χ0v) is 14.2. The van der Waals surface area contributed by atoms with Crippen molar-refractivity contribution in [1.82, 2.24) is 0 Å². The molecule has 1 aliphatic rings. The van der Waals surface area contributed by atoms with Crippen molar-refractivity contribution in [3.63, 3.8) is 0 Å². The predicted octanol–water partition coefficient (Wildman–Crippen LogP) is 4.90. The molecule has 0 saturated heterocycles. The second kappa shape index (κ2) is 7.47. The molecule has 0 saturated carbocycles. The summed E-state index contributed by atoms with van der Waals surface area (Å²) in [4.78, 5) is 12.3. The highest BCUT2D eigenvalue weighted by Crippen LogP contribution is 2.30. The van der Waals surface area contributed by atoms with Crippen LogP contribution in [0.15, 0.2) is 53.0 Å². The molecule has 0 fully saturated rings. The Kier molecular flexibility index (Phi) is 5.13. The van der Waals surface area contributed by atoms with E-state index in [9.17, 15) is 4.79 Å². The van der Waals surface area contributed by atoms with Crippen LogP contribution in [0.3, 0.4) is 0 Å². The van der Waals surface area contributed by atoms with Crippen molar-refractivity contribution < 1.29 is 14.3 Å². The molecule has 3 rings (SSSR count). The zero-order valence-electron chi connectivity index (χ0n) is 12.6. The maximum Gasteiger partial charge on any atom is 0.185 e. The molecule has 4 heteroatoms. The molecule has 1 aliphatic heterocycles. The van der Waals surface area contributed by atoms with Crippen molar-refractivity contribution in [2.75, 3.05) is 13.2 Å². The number of benzene rings is 2. The lowest BCUT2D eigenvalue weighted by atomic mass is 10.1. The van der Waals surface area contributed by atoms with Crippen LogP contribution in [0.4, 0.5) is 0 Å². The normalized spacial score (nSPS) is 14.3. The van der Waals surface area contributed by atoms with Crippen LogP contribution in [0.1, 0.15) is 28.8 Å². The van der Waals surface area contributed by atoms with E-state index in [4.69, 9.17) is 9.47 Å². The van der Waals surface area contributed by atoms with Gasteiger partial charge in [0.1, 0.15) is 0 Å². The average Bonchev–Trinajstić information content (AvgIpc) is 2.54. The lowest BCUT2D eigenvalue weighted by molar-refractivity contribution is 0.104. The second-order valence-electron chi connectivity index (χ2n) is 5.31. The van der Waals surface area contributed by atoms with Crippen LogP contribution < -0.4 is 9.47 Å². The van der Waals surface area contributed by atoms with Crippen LogP contribution in [0.5, 0.6) is 11.5 Å². The number of fused-ring (bicyclic) bond motifs is 1. The van der Waals surface area contributed by atoms with Crippen molar-refractivity contribution in [3.8, 4) is 11.5 Å². The Morgan fingerprint density at radius 1 is 0.957 bits per heavy atom. The first-order valence-corrected chi connectivity index (χ1v) is 8.39. The average molecular weight is 373 g/mol. The van der Waals surface area contributed by atoms with Gasteiger partial charge in [-0.2, -0.15) is 0 Å². The number of halogens is 1. The van der Waals surface area contributed by atoms with Gasteiger partial charge in [-0.05, 0) is 54.8 Å².